The highest BCUT2D eigenvalue weighted by molar-refractivity contribution is 5.79. The topological polar surface area (TPSA) is 94.7 Å². The molecule has 8 heteroatoms. The zero-order valence-corrected chi connectivity index (χ0v) is 18.1. The first-order chi connectivity index (χ1) is 14.9. The van der Waals surface area contributed by atoms with Crippen LogP contribution in [0.2, 0.25) is 0 Å². The van der Waals surface area contributed by atoms with Crippen LogP contribution in [0, 0.1) is 5.92 Å². The summed E-state index contributed by atoms with van der Waals surface area (Å²) in [5.74, 6) is 0.585. The van der Waals surface area contributed by atoms with Crippen molar-refractivity contribution in [2.75, 3.05) is 0 Å². The van der Waals surface area contributed by atoms with Gasteiger partial charge in [0.15, 0.2) is 0 Å². The van der Waals surface area contributed by atoms with Crippen LogP contribution < -0.4 is 10.9 Å². The maximum absolute atomic E-state index is 12.9. The summed E-state index contributed by atoms with van der Waals surface area (Å²) in [5.41, 5.74) is 2.10. The number of hydrogen-bond donors (Lipinski definition) is 1. The Balaban J connectivity index is 1.65. The van der Waals surface area contributed by atoms with Gasteiger partial charge in [-0.2, -0.15) is 0 Å². The SMILES string of the molecule is CC(C)[C@H](NC(=O)Cn1nnc2ccccc2c1=O)c1nc2ccccc2n1C(C)C. The fraction of sp³-hybridized carbons (Fsp3) is 0.348. The number of carbonyl (C=O) groups excluding carboxylic acids is 1. The van der Waals surface area contributed by atoms with Crippen molar-refractivity contribution in [2.24, 2.45) is 5.92 Å². The van der Waals surface area contributed by atoms with Crippen LogP contribution in [-0.2, 0) is 11.3 Å². The number of hydrogen-bond acceptors (Lipinski definition) is 5. The average molecular weight is 419 g/mol. The smallest absolute Gasteiger partial charge is 0.278 e. The molecule has 0 aliphatic carbocycles. The molecule has 0 saturated heterocycles. The molecule has 4 rings (SSSR count). The van der Waals surface area contributed by atoms with E-state index in [-0.39, 0.29) is 36.0 Å². The van der Waals surface area contributed by atoms with Crippen molar-refractivity contribution in [3.63, 3.8) is 0 Å². The Hall–Kier alpha value is -3.55. The molecule has 1 amide bonds. The maximum Gasteiger partial charge on any atom is 0.278 e. The number of nitrogens with zero attached hydrogens (tertiary/aromatic N) is 5. The van der Waals surface area contributed by atoms with E-state index in [0.29, 0.717) is 10.9 Å². The van der Waals surface area contributed by atoms with Gasteiger partial charge in [0.25, 0.3) is 5.56 Å². The van der Waals surface area contributed by atoms with E-state index in [4.69, 9.17) is 4.98 Å². The second-order valence-electron chi connectivity index (χ2n) is 8.28. The van der Waals surface area contributed by atoms with E-state index >= 15 is 0 Å². The van der Waals surface area contributed by atoms with Gasteiger partial charge in [-0.05, 0) is 44.0 Å². The van der Waals surface area contributed by atoms with Crippen LogP contribution in [0.25, 0.3) is 21.9 Å². The summed E-state index contributed by atoms with van der Waals surface area (Å²) in [6.45, 7) is 8.07. The van der Waals surface area contributed by atoms with Crippen molar-refractivity contribution in [3.05, 3.63) is 64.7 Å². The van der Waals surface area contributed by atoms with Crippen molar-refractivity contribution in [1.29, 1.82) is 0 Å². The van der Waals surface area contributed by atoms with Crippen molar-refractivity contribution in [1.82, 2.24) is 29.9 Å². The first-order valence-corrected chi connectivity index (χ1v) is 10.5. The monoisotopic (exact) mass is 418 g/mol. The Morgan fingerprint density at radius 3 is 2.39 bits per heavy atom. The van der Waals surface area contributed by atoms with E-state index in [9.17, 15) is 9.59 Å². The van der Waals surface area contributed by atoms with Gasteiger partial charge >= 0.3 is 0 Å². The first-order valence-electron chi connectivity index (χ1n) is 10.5. The van der Waals surface area contributed by atoms with Gasteiger partial charge in [0, 0.05) is 6.04 Å². The highest BCUT2D eigenvalue weighted by Gasteiger charge is 2.26. The number of amides is 1. The van der Waals surface area contributed by atoms with Gasteiger partial charge in [0.1, 0.15) is 17.9 Å². The molecule has 160 valence electrons. The second-order valence-corrected chi connectivity index (χ2v) is 8.28. The Bertz CT molecular complexity index is 1300. The molecule has 0 unspecified atom stereocenters. The van der Waals surface area contributed by atoms with Gasteiger partial charge < -0.3 is 9.88 Å². The van der Waals surface area contributed by atoms with Crippen LogP contribution in [0.3, 0.4) is 0 Å². The summed E-state index contributed by atoms with van der Waals surface area (Å²) < 4.78 is 3.25. The van der Waals surface area contributed by atoms with Gasteiger partial charge in [-0.15, -0.1) is 5.10 Å². The lowest BCUT2D eigenvalue weighted by Gasteiger charge is -2.24. The molecule has 0 spiro atoms. The Morgan fingerprint density at radius 2 is 1.68 bits per heavy atom. The summed E-state index contributed by atoms with van der Waals surface area (Å²) in [7, 11) is 0. The molecule has 1 atom stereocenters. The third-order valence-electron chi connectivity index (χ3n) is 5.32. The summed E-state index contributed by atoms with van der Waals surface area (Å²) in [5, 5.41) is 11.5. The largest absolute Gasteiger partial charge is 0.344 e. The van der Waals surface area contributed by atoms with Crippen molar-refractivity contribution >= 4 is 27.8 Å². The van der Waals surface area contributed by atoms with Gasteiger partial charge in [-0.25, -0.2) is 9.67 Å². The molecule has 0 radical (unpaired) electrons. The first kappa shape index (κ1) is 20.7. The molecule has 31 heavy (non-hydrogen) atoms. The van der Waals surface area contributed by atoms with Crippen LogP contribution in [0.4, 0.5) is 0 Å². The van der Waals surface area contributed by atoms with E-state index in [1.807, 2.05) is 38.1 Å². The van der Waals surface area contributed by atoms with Crippen molar-refractivity contribution < 1.29 is 4.79 Å². The molecule has 0 fully saturated rings. The number of aromatic nitrogens is 5. The van der Waals surface area contributed by atoms with E-state index in [1.165, 1.54) is 0 Å². The summed E-state index contributed by atoms with van der Waals surface area (Å²) in [6.07, 6.45) is 0. The van der Waals surface area contributed by atoms with E-state index in [0.717, 1.165) is 21.5 Å². The number of nitrogens with one attached hydrogen (secondary N) is 1. The van der Waals surface area contributed by atoms with E-state index in [2.05, 4.69) is 34.0 Å². The second kappa shape index (κ2) is 8.29. The number of imidazole rings is 1. The number of para-hydroxylation sites is 2. The van der Waals surface area contributed by atoms with E-state index in [1.54, 1.807) is 24.3 Å². The lowest BCUT2D eigenvalue weighted by atomic mass is 10.0. The Labute approximate surface area is 179 Å². The highest BCUT2D eigenvalue weighted by Crippen LogP contribution is 2.28. The molecular formula is C23H26N6O2. The third-order valence-corrected chi connectivity index (χ3v) is 5.32. The van der Waals surface area contributed by atoms with Gasteiger partial charge in [0.2, 0.25) is 5.91 Å². The van der Waals surface area contributed by atoms with Gasteiger partial charge in [-0.1, -0.05) is 43.3 Å². The molecule has 1 N–H and O–H groups in total. The highest BCUT2D eigenvalue weighted by atomic mass is 16.2. The molecule has 8 nitrogen and oxygen atoms in total. The van der Waals surface area contributed by atoms with Crippen LogP contribution >= 0.6 is 0 Å². The molecule has 0 aliphatic heterocycles. The van der Waals surface area contributed by atoms with Crippen LogP contribution in [0.1, 0.15) is 45.6 Å². The minimum Gasteiger partial charge on any atom is -0.344 e. The fourth-order valence-corrected chi connectivity index (χ4v) is 3.84. The van der Waals surface area contributed by atoms with Crippen LogP contribution in [-0.4, -0.2) is 30.5 Å². The van der Waals surface area contributed by atoms with Gasteiger partial charge in [0.05, 0.1) is 22.5 Å². The molecule has 0 bridgehead atoms. The molecule has 4 aromatic rings. The van der Waals surface area contributed by atoms with Crippen molar-refractivity contribution in [2.45, 2.75) is 46.3 Å². The Kier molecular flexibility index (Phi) is 5.54. The third kappa shape index (κ3) is 3.93. The number of rotatable bonds is 6. The standard InChI is InChI=1S/C23H26N6O2/c1-14(2)21(22-24-18-11-7-8-12-19(18)29(22)15(3)4)25-20(30)13-28-23(31)16-9-5-6-10-17(16)26-27-28/h5-12,14-15,21H,13H2,1-4H3,(H,25,30)/t21-/m0/s1. The van der Waals surface area contributed by atoms with Crippen molar-refractivity contribution in [3.8, 4) is 0 Å². The number of benzene rings is 2. The minimum atomic E-state index is -0.337. The Morgan fingerprint density at radius 1 is 1.00 bits per heavy atom. The molecule has 2 heterocycles. The van der Waals surface area contributed by atoms with E-state index < -0.39 is 0 Å². The minimum absolute atomic E-state index is 0.0951. The fourth-order valence-electron chi connectivity index (χ4n) is 3.84. The molecule has 0 aliphatic rings. The zero-order valence-electron chi connectivity index (χ0n) is 18.1. The molecule has 2 aromatic heterocycles. The number of fused-ring (bicyclic) bond motifs is 2. The summed E-state index contributed by atoms with van der Waals surface area (Å²) in [4.78, 5) is 30.4. The maximum atomic E-state index is 12.9. The predicted molar refractivity (Wildman–Crippen MR) is 120 cm³/mol. The number of carbonyl (C=O) groups is 1. The lowest BCUT2D eigenvalue weighted by molar-refractivity contribution is -0.123. The van der Waals surface area contributed by atoms with Gasteiger partial charge in [-0.3, -0.25) is 9.59 Å². The van der Waals surface area contributed by atoms with Crippen LogP contribution in [0.15, 0.2) is 53.3 Å². The lowest BCUT2D eigenvalue weighted by Crippen LogP contribution is -2.38. The summed E-state index contributed by atoms with van der Waals surface area (Å²) >= 11 is 0. The quantitative estimate of drug-likeness (QED) is 0.519. The molecule has 2 aromatic carbocycles. The summed E-state index contributed by atoms with van der Waals surface area (Å²) in [6, 6.07) is 14.8. The average Bonchev–Trinajstić information content (AvgIpc) is 3.13. The normalized spacial score (nSPS) is 12.7. The zero-order chi connectivity index (χ0) is 22.1. The molecule has 0 saturated carbocycles. The predicted octanol–water partition coefficient (Wildman–Crippen LogP) is 3.24. The molecular weight excluding hydrogens is 392 g/mol. The van der Waals surface area contributed by atoms with Crippen LogP contribution in [0.5, 0.6) is 0 Å².